The van der Waals surface area contributed by atoms with Crippen molar-refractivity contribution in [3.8, 4) is 5.75 Å². The first-order chi connectivity index (χ1) is 7.58. The Hall–Kier alpha value is -1.97. The number of amides is 1. The first-order valence-electron chi connectivity index (χ1n) is 5.12. The number of carbonyl (C=O) groups excluding carboxylic acids is 1. The smallest absolute Gasteiger partial charge is 0.271 e. The predicted molar refractivity (Wildman–Crippen MR) is 61.5 cm³/mol. The van der Waals surface area contributed by atoms with Crippen LogP contribution in [0.3, 0.4) is 0 Å². The molecule has 1 aliphatic heterocycles. The number of hydrogen-bond donors (Lipinski definition) is 2. The van der Waals surface area contributed by atoms with Gasteiger partial charge in [-0.3, -0.25) is 4.79 Å². The highest BCUT2D eigenvalue weighted by Gasteiger charge is 2.27. The van der Waals surface area contributed by atoms with E-state index in [4.69, 9.17) is 5.11 Å². The van der Waals surface area contributed by atoms with E-state index in [0.717, 1.165) is 5.56 Å². The maximum atomic E-state index is 11.7. The lowest BCUT2D eigenvalue weighted by atomic mass is 10.2. The van der Waals surface area contributed by atoms with Crippen LogP contribution in [0.1, 0.15) is 12.5 Å². The van der Waals surface area contributed by atoms with Crippen LogP contribution in [-0.2, 0) is 4.79 Å². The summed E-state index contributed by atoms with van der Waals surface area (Å²) >= 11 is 0. The molecule has 1 aromatic rings. The van der Waals surface area contributed by atoms with Crippen LogP contribution in [0.15, 0.2) is 30.0 Å². The van der Waals surface area contributed by atoms with Gasteiger partial charge in [-0.25, -0.2) is 0 Å². The van der Waals surface area contributed by atoms with Crippen molar-refractivity contribution in [2.45, 2.75) is 13.1 Å². The summed E-state index contributed by atoms with van der Waals surface area (Å²) < 4.78 is 0. The second kappa shape index (κ2) is 3.89. The summed E-state index contributed by atoms with van der Waals surface area (Å²) in [6, 6.07) is 6.72. The lowest BCUT2D eigenvalue weighted by Crippen LogP contribution is -2.30. The average Bonchev–Trinajstić information content (AvgIpc) is 2.50. The van der Waals surface area contributed by atoms with E-state index in [2.05, 4.69) is 5.32 Å². The Morgan fingerprint density at radius 3 is 2.50 bits per heavy atom. The SMILES string of the molecule is CC1N/C(=C/c2ccc(O)cc2)C(=O)N1C. The van der Waals surface area contributed by atoms with Crippen molar-refractivity contribution in [3.63, 3.8) is 0 Å². The van der Waals surface area contributed by atoms with Crippen molar-refractivity contribution in [1.82, 2.24) is 10.2 Å². The van der Waals surface area contributed by atoms with Gasteiger partial charge in [-0.1, -0.05) is 12.1 Å². The molecule has 84 valence electrons. The van der Waals surface area contributed by atoms with Gasteiger partial charge in [-0.2, -0.15) is 0 Å². The third-order valence-corrected chi connectivity index (χ3v) is 2.70. The quantitative estimate of drug-likeness (QED) is 0.695. The van der Waals surface area contributed by atoms with Crippen LogP contribution in [0.4, 0.5) is 0 Å². The molecule has 16 heavy (non-hydrogen) atoms. The summed E-state index contributed by atoms with van der Waals surface area (Å²) in [5.41, 5.74) is 1.47. The topological polar surface area (TPSA) is 52.6 Å². The van der Waals surface area contributed by atoms with Crippen molar-refractivity contribution in [2.75, 3.05) is 7.05 Å². The van der Waals surface area contributed by atoms with E-state index in [0.29, 0.717) is 5.70 Å². The molecule has 1 aromatic carbocycles. The molecule has 4 nitrogen and oxygen atoms in total. The van der Waals surface area contributed by atoms with E-state index in [-0.39, 0.29) is 17.8 Å². The first-order valence-corrected chi connectivity index (χ1v) is 5.12. The number of rotatable bonds is 1. The maximum Gasteiger partial charge on any atom is 0.271 e. The lowest BCUT2D eigenvalue weighted by Gasteiger charge is -2.12. The van der Waals surface area contributed by atoms with Crippen LogP contribution < -0.4 is 5.32 Å². The normalized spacial score (nSPS) is 22.6. The average molecular weight is 218 g/mol. The minimum atomic E-state index is -0.0134. The Balaban J connectivity index is 2.25. The fraction of sp³-hybridized carbons (Fsp3) is 0.250. The van der Waals surface area contributed by atoms with Gasteiger partial charge in [0.1, 0.15) is 11.4 Å². The molecule has 1 atom stereocenters. The van der Waals surface area contributed by atoms with Gasteiger partial charge in [-0.05, 0) is 30.7 Å². The fourth-order valence-corrected chi connectivity index (χ4v) is 1.59. The van der Waals surface area contributed by atoms with E-state index in [9.17, 15) is 4.79 Å². The lowest BCUT2D eigenvalue weighted by molar-refractivity contribution is -0.124. The van der Waals surface area contributed by atoms with E-state index >= 15 is 0 Å². The second-order valence-electron chi connectivity index (χ2n) is 3.89. The van der Waals surface area contributed by atoms with Crippen LogP contribution in [0, 0.1) is 0 Å². The number of nitrogens with one attached hydrogen (secondary N) is 1. The summed E-state index contributed by atoms with van der Waals surface area (Å²) in [6.07, 6.45) is 1.80. The van der Waals surface area contributed by atoms with Crippen LogP contribution in [0.25, 0.3) is 6.08 Å². The summed E-state index contributed by atoms with van der Waals surface area (Å²) in [5, 5.41) is 12.2. The number of hydrogen-bond acceptors (Lipinski definition) is 3. The number of phenolic OH excluding ortho intramolecular Hbond substituents is 1. The summed E-state index contributed by atoms with van der Waals surface area (Å²) in [6.45, 7) is 1.93. The number of carbonyl (C=O) groups is 1. The highest BCUT2D eigenvalue weighted by Crippen LogP contribution is 2.16. The summed E-state index contributed by atoms with van der Waals surface area (Å²) in [7, 11) is 1.76. The molecular weight excluding hydrogens is 204 g/mol. The minimum absolute atomic E-state index is 0.0134. The summed E-state index contributed by atoms with van der Waals surface area (Å²) in [5.74, 6) is 0.207. The van der Waals surface area contributed by atoms with Gasteiger partial charge in [-0.15, -0.1) is 0 Å². The van der Waals surface area contributed by atoms with Gasteiger partial charge in [0.05, 0.1) is 6.17 Å². The van der Waals surface area contributed by atoms with Crippen LogP contribution in [0.2, 0.25) is 0 Å². The zero-order valence-electron chi connectivity index (χ0n) is 9.27. The van der Waals surface area contributed by atoms with Gasteiger partial charge >= 0.3 is 0 Å². The molecule has 0 aromatic heterocycles. The standard InChI is InChI=1S/C12H14N2O2/c1-8-13-11(12(16)14(8)2)7-9-3-5-10(15)6-4-9/h3-8,13,15H,1-2H3/b11-7+. The van der Waals surface area contributed by atoms with Crippen LogP contribution in [-0.4, -0.2) is 29.1 Å². The molecule has 1 heterocycles. The van der Waals surface area contributed by atoms with Crippen molar-refractivity contribution >= 4 is 12.0 Å². The molecule has 0 radical (unpaired) electrons. The predicted octanol–water partition coefficient (Wildman–Crippen LogP) is 1.14. The third-order valence-electron chi connectivity index (χ3n) is 2.70. The summed E-state index contributed by atoms with van der Waals surface area (Å²) in [4.78, 5) is 13.4. The molecule has 2 rings (SSSR count). The largest absolute Gasteiger partial charge is 0.508 e. The Kier molecular flexibility index (Phi) is 2.56. The number of benzene rings is 1. The molecule has 2 N–H and O–H groups in total. The molecule has 1 unspecified atom stereocenters. The Morgan fingerprint density at radius 1 is 1.38 bits per heavy atom. The molecule has 0 aliphatic carbocycles. The highest BCUT2D eigenvalue weighted by molar-refractivity contribution is 5.99. The first kappa shape index (κ1) is 10.5. The number of likely N-dealkylation sites (N-methyl/N-ethyl adjacent to an activating group) is 1. The van der Waals surface area contributed by atoms with E-state index in [1.165, 1.54) is 0 Å². The van der Waals surface area contributed by atoms with Crippen molar-refractivity contribution in [1.29, 1.82) is 0 Å². The minimum Gasteiger partial charge on any atom is -0.508 e. The molecule has 0 spiro atoms. The molecule has 0 bridgehead atoms. The van der Waals surface area contributed by atoms with Gasteiger partial charge < -0.3 is 15.3 Å². The maximum absolute atomic E-state index is 11.7. The highest BCUT2D eigenvalue weighted by atomic mass is 16.3. The molecule has 4 heteroatoms. The molecule has 1 fully saturated rings. The van der Waals surface area contributed by atoms with Gasteiger partial charge in [0.2, 0.25) is 0 Å². The Bertz CT molecular complexity index is 437. The van der Waals surface area contributed by atoms with Crippen molar-refractivity contribution < 1.29 is 9.90 Å². The van der Waals surface area contributed by atoms with Gasteiger partial charge in [0, 0.05) is 7.05 Å². The van der Waals surface area contributed by atoms with Gasteiger partial charge in [0.15, 0.2) is 0 Å². The zero-order chi connectivity index (χ0) is 11.7. The Morgan fingerprint density at radius 2 is 2.00 bits per heavy atom. The molecule has 1 aliphatic rings. The van der Waals surface area contributed by atoms with E-state index < -0.39 is 0 Å². The number of aromatic hydroxyl groups is 1. The van der Waals surface area contributed by atoms with E-state index in [1.54, 1.807) is 42.3 Å². The fourth-order valence-electron chi connectivity index (χ4n) is 1.59. The van der Waals surface area contributed by atoms with Crippen LogP contribution in [0.5, 0.6) is 5.75 Å². The number of phenols is 1. The number of nitrogens with zero attached hydrogens (tertiary/aromatic N) is 1. The Labute approximate surface area is 94.2 Å². The zero-order valence-corrected chi connectivity index (χ0v) is 9.27. The third kappa shape index (κ3) is 1.86. The van der Waals surface area contributed by atoms with E-state index in [1.807, 2.05) is 6.92 Å². The molecule has 1 amide bonds. The van der Waals surface area contributed by atoms with Crippen molar-refractivity contribution in [3.05, 3.63) is 35.5 Å². The van der Waals surface area contributed by atoms with Crippen LogP contribution >= 0.6 is 0 Å². The molecular formula is C12H14N2O2. The molecule has 1 saturated heterocycles. The second-order valence-corrected chi connectivity index (χ2v) is 3.89. The van der Waals surface area contributed by atoms with Gasteiger partial charge in [0.25, 0.3) is 5.91 Å². The van der Waals surface area contributed by atoms with Crippen molar-refractivity contribution in [2.24, 2.45) is 0 Å². The monoisotopic (exact) mass is 218 g/mol. The molecule has 0 saturated carbocycles.